The van der Waals surface area contributed by atoms with E-state index < -0.39 is 10.0 Å². The van der Waals surface area contributed by atoms with Gasteiger partial charge in [0.15, 0.2) is 0 Å². The summed E-state index contributed by atoms with van der Waals surface area (Å²) in [5, 5.41) is 6.92. The van der Waals surface area contributed by atoms with Gasteiger partial charge in [0.2, 0.25) is 0 Å². The van der Waals surface area contributed by atoms with Crippen molar-refractivity contribution in [3.8, 4) is 5.75 Å². The molecule has 0 amide bonds. The first-order chi connectivity index (χ1) is 14.9. The molecule has 1 N–H and O–H groups in total. The maximum atomic E-state index is 12.9. The third-order valence-electron chi connectivity index (χ3n) is 5.26. The van der Waals surface area contributed by atoms with Crippen LogP contribution in [0.4, 0.5) is 5.69 Å². The van der Waals surface area contributed by atoms with Crippen LogP contribution in [-0.2, 0) is 16.6 Å². The van der Waals surface area contributed by atoms with Crippen LogP contribution in [0.15, 0.2) is 71.6 Å². The van der Waals surface area contributed by atoms with Crippen LogP contribution in [-0.4, -0.2) is 24.8 Å². The Morgan fingerprint density at radius 1 is 0.968 bits per heavy atom. The van der Waals surface area contributed by atoms with E-state index in [2.05, 4.69) is 34.1 Å². The molecule has 1 heterocycles. The first-order valence-electron chi connectivity index (χ1n) is 10.2. The van der Waals surface area contributed by atoms with E-state index >= 15 is 0 Å². The molecule has 0 saturated carbocycles. The fourth-order valence-electron chi connectivity index (χ4n) is 3.67. The number of rotatable bonds is 7. The molecule has 3 aromatic carbocycles. The minimum atomic E-state index is -3.74. The molecule has 1 aromatic heterocycles. The Labute approximate surface area is 182 Å². The van der Waals surface area contributed by atoms with Gasteiger partial charge in [0.05, 0.1) is 35.1 Å². The molecule has 4 rings (SSSR count). The van der Waals surface area contributed by atoms with Crippen molar-refractivity contribution >= 4 is 26.5 Å². The molecule has 4 aromatic rings. The van der Waals surface area contributed by atoms with Gasteiger partial charge in [-0.3, -0.25) is 9.40 Å². The Morgan fingerprint density at radius 3 is 2.42 bits per heavy atom. The van der Waals surface area contributed by atoms with Gasteiger partial charge in [0, 0.05) is 0 Å². The van der Waals surface area contributed by atoms with Gasteiger partial charge >= 0.3 is 0 Å². The van der Waals surface area contributed by atoms with Crippen LogP contribution < -0.4 is 9.46 Å². The quantitative estimate of drug-likeness (QED) is 0.448. The molecule has 0 aliphatic rings. The number of aryl methyl sites for hydroxylation is 1. The van der Waals surface area contributed by atoms with Crippen LogP contribution >= 0.6 is 0 Å². The second-order valence-electron chi connectivity index (χ2n) is 7.35. The Hall–Kier alpha value is -3.32. The maximum absolute atomic E-state index is 12.9. The normalized spacial score (nSPS) is 11.6. The summed E-state index contributed by atoms with van der Waals surface area (Å²) in [4.78, 5) is 0.177. The van der Waals surface area contributed by atoms with Gasteiger partial charge in [-0.05, 0) is 61.4 Å². The summed E-state index contributed by atoms with van der Waals surface area (Å²) >= 11 is 0. The molecule has 0 fully saturated rings. The lowest BCUT2D eigenvalue weighted by Crippen LogP contribution is -2.14. The van der Waals surface area contributed by atoms with Crippen LogP contribution in [0.25, 0.3) is 10.8 Å². The molecule has 0 bridgehead atoms. The lowest BCUT2D eigenvalue weighted by molar-refractivity contribution is 0.340. The first kappa shape index (κ1) is 20.9. The third kappa shape index (κ3) is 4.27. The number of aromatic nitrogens is 2. The smallest absolute Gasteiger partial charge is 0.262 e. The molecule has 6 nitrogen and oxygen atoms in total. The number of nitrogens with one attached hydrogen (secondary N) is 1. The summed E-state index contributed by atoms with van der Waals surface area (Å²) in [6.45, 7) is 6.65. The average Bonchev–Trinajstić information content (AvgIpc) is 3.02. The highest BCUT2D eigenvalue weighted by atomic mass is 32.2. The van der Waals surface area contributed by atoms with Crippen LogP contribution in [0.1, 0.15) is 23.9 Å². The Kier molecular flexibility index (Phi) is 5.69. The van der Waals surface area contributed by atoms with Crippen molar-refractivity contribution in [1.29, 1.82) is 0 Å². The molecule has 0 unspecified atom stereocenters. The highest BCUT2D eigenvalue weighted by molar-refractivity contribution is 7.92. The summed E-state index contributed by atoms with van der Waals surface area (Å²) in [6.07, 6.45) is 0. The summed E-state index contributed by atoms with van der Waals surface area (Å²) in [6, 6.07) is 20.8. The van der Waals surface area contributed by atoms with E-state index in [0.29, 0.717) is 30.3 Å². The predicted molar refractivity (Wildman–Crippen MR) is 123 cm³/mol. The molecule has 7 heteroatoms. The SMILES string of the molecule is CCOc1ccc(S(=O)(=O)Nc2c(C)nn(Cc3cccc4ccccc34)c2C)cc1. The standard InChI is InChI=1S/C24H25N3O3S/c1-4-30-21-12-14-22(15-13-21)31(28,29)26-24-17(2)25-27(18(24)3)16-20-10-7-9-19-8-5-6-11-23(19)20/h5-15,26H,4,16H2,1-3H3. The molecule has 0 atom stereocenters. The molecule has 0 radical (unpaired) electrons. The molecule has 0 aliphatic heterocycles. The van der Waals surface area contributed by atoms with Gasteiger partial charge < -0.3 is 4.74 Å². The zero-order chi connectivity index (χ0) is 22.0. The molecular weight excluding hydrogens is 410 g/mol. The highest BCUT2D eigenvalue weighted by Gasteiger charge is 2.20. The van der Waals surface area contributed by atoms with Gasteiger partial charge in [-0.15, -0.1) is 0 Å². The number of nitrogens with zero attached hydrogens (tertiary/aromatic N) is 2. The van der Waals surface area contributed by atoms with Gasteiger partial charge in [0.25, 0.3) is 10.0 Å². The van der Waals surface area contributed by atoms with Crippen molar-refractivity contribution in [2.45, 2.75) is 32.2 Å². The van der Waals surface area contributed by atoms with Crippen molar-refractivity contribution in [1.82, 2.24) is 9.78 Å². The number of sulfonamides is 1. The van der Waals surface area contributed by atoms with E-state index in [-0.39, 0.29) is 4.90 Å². The van der Waals surface area contributed by atoms with Crippen molar-refractivity contribution in [3.05, 3.63) is 83.7 Å². The van der Waals surface area contributed by atoms with Crippen molar-refractivity contribution < 1.29 is 13.2 Å². The van der Waals surface area contributed by atoms with Crippen LogP contribution in [0.2, 0.25) is 0 Å². The second kappa shape index (κ2) is 8.43. The fourth-order valence-corrected chi connectivity index (χ4v) is 4.84. The Bertz CT molecular complexity index is 1320. The molecule has 0 spiro atoms. The Balaban J connectivity index is 1.62. The zero-order valence-corrected chi connectivity index (χ0v) is 18.6. The number of hydrogen-bond acceptors (Lipinski definition) is 4. The third-order valence-corrected chi connectivity index (χ3v) is 6.63. The van der Waals surface area contributed by atoms with E-state index in [4.69, 9.17) is 4.74 Å². The highest BCUT2D eigenvalue weighted by Crippen LogP contribution is 2.26. The maximum Gasteiger partial charge on any atom is 0.262 e. The Morgan fingerprint density at radius 2 is 1.68 bits per heavy atom. The molecule has 0 aliphatic carbocycles. The van der Waals surface area contributed by atoms with Gasteiger partial charge in [-0.2, -0.15) is 5.10 Å². The van der Waals surface area contributed by atoms with E-state index in [0.717, 1.165) is 22.0 Å². The van der Waals surface area contributed by atoms with Crippen LogP contribution in [0.3, 0.4) is 0 Å². The molecule has 0 saturated heterocycles. The largest absolute Gasteiger partial charge is 0.494 e. The number of ether oxygens (including phenoxy) is 1. The molecule has 31 heavy (non-hydrogen) atoms. The molecule has 160 valence electrons. The summed E-state index contributed by atoms with van der Waals surface area (Å²) in [5.41, 5.74) is 3.03. The lowest BCUT2D eigenvalue weighted by atomic mass is 10.0. The van der Waals surface area contributed by atoms with E-state index in [1.54, 1.807) is 24.3 Å². The number of hydrogen-bond donors (Lipinski definition) is 1. The van der Waals surface area contributed by atoms with Crippen LogP contribution in [0, 0.1) is 13.8 Å². The van der Waals surface area contributed by atoms with Crippen LogP contribution in [0.5, 0.6) is 5.75 Å². The minimum absolute atomic E-state index is 0.177. The summed E-state index contributed by atoms with van der Waals surface area (Å²) in [5.74, 6) is 0.636. The second-order valence-corrected chi connectivity index (χ2v) is 9.03. The van der Waals surface area contributed by atoms with Gasteiger partial charge in [-0.25, -0.2) is 8.42 Å². The molecular formula is C24H25N3O3S. The minimum Gasteiger partial charge on any atom is -0.494 e. The lowest BCUT2D eigenvalue weighted by Gasteiger charge is -2.11. The number of benzene rings is 3. The van der Waals surface area contributed by atoms with Crippen molar-refractivity contribution in [2.24, 2.45) is 0 Å². The number of anilines is 1. The monoisotopic (exact) mass is 435 g/mol. The topological polar surface area (TPSA) is 73.2 Å². The van der Waals surface area contributed by atoms with Gasteiger partial charge in [0.1, 0.15) is 5.75 Å². The number of fused-ring (bicyclic) bond motifs is 1. The van der Waals surface area contributed by atoms with E-state index in [1.165, 1.54) is 0 Å². The zero-order valence-electron chi connectivity index (χ0n) is 17.8. The predicted octanol–water partition coefficient (Wildman–Crippen LogP) is 4.90. The van der Waals surface area contributed by atoms with E-state index in [1.807, 2.05) is 43.7 Å². The van der Waals surface area contributed by atoms with E-state index in [9.17, 15) is 8.42 Å². The van der Waals surface area contributed by atoms with Gasteiger partial charge in [-0.1, -0.05) is 42.5 Å². The van der Waals surface area contributed by atoms with Crippen molar-refractivity contribution in [3.63, 3.8) is 0 Å². The van der Waals surface area contributed by atoms with Crippen molar-refractivity contribution in [2.75, 3.05) is 11.3 Å². The first-order valence-corrected chi connectivity index (χ1v) is 11.6. The summed E-state index contributed by atoms with van der Waals surface area (Å²) < 4.78 is 35.8. The average molecular weight is 436 g/mol. The fraction of sp³-hybridized carbons (Fsp3) is 0.208. The summed E-state index contributed by atoms with van der Waals surface area (Å²) in [7, 11) is -3.74.